The van der Waals surface area contributed by atoms with Crippen LogP contribution in [0.1, 0.15) is 154 Å². The summed E-state index contributed by atoms with van der Waals surface area (Å²) in [6.45, 7) is 30.4. The number of benzene rings is 8. The lowest BCUT2D eigenvalue weighted by atomic mass is 9.36. The molecule has 2 spiro atoms. The maximum atomic E-state index is 4.92. The van der Waals surface area contributed by atoms with E-state index in [1.165, 1.54) is 153 Å². The van der Waals surface area contributed by atoms with E-state index in [0.717, 1.165) is 0 Å². The van der Waals surface area contributed by atoms with Crippen molar-refractivity contribution in [1.82, 2.24) is 4.98 Å². The molecule has 11 aromatic rings. The molecule has 0 bridgehead atoms. The average Bonchev–Trinajstić information content (AvgIpc) is 1.42. The van der Waals surface area contributed by atoms with Crippen LogP contribution < -0.4 is 25.5 Å². The minimum Gasteiger partial charge on any atom is -0.311 e. The number of thiophene rings is 2. The predicted octanol–water partition coefficient (Wildman–Crippen LogP) is 19.0. The second-order valence-corrected chi connectivity index (χ2v) is 31.1. The Morgan fingerprint density at radius 2 is 0.929 bits per heavy atom. The van der Waals surface area contributed by atoms with Gasteiger partial charge in [0.05, 0.1) is 16.5 Å². The van der Waals surface area contributed by atoms with E-state index in [2.05, 4.69) is 282 Å². The van der Waals surface area contributed by atoms with Gasteiger partial charge in [-0.3, -0.25) is 4.98 Å². The molecule has 3 aliphatic carbocycles. The van der Waals surface area contributed by atoms with Crippen molar-refractivity contribution in [1.29, 1.82) is 0 Å². The van der Waals surface area contributed by atoms with Gasteiger partial charge in [-0.15, -0.1) is 22.7 Å². The molecule has 16 rings (SSSR count). The van der Waals surface area contributed by atoms with Gasteiger partial charge in [-0.1, -0.05) is 192 Å². The van der Waals surface area contributed by atoms with Crippen LogP contribution in [-0.2, 0) is 32.5 Å². The number of nitrogens with zero attached hydrogens (tertiary/aromatic N) is 3. The molecule has 0 saturated heterocycles. The molecule has 0 N–H and O–H groups in total. The van der Waals surface area contributed by atoms with E-state index in [0.29, 0.717) is 0 Å². The summed E-state index contributed by atoms with van der Waals surface area (Å²) in [5.74, 6) is 0. The van der Waals surface area contributed by atoms with Crippen molar-refractivity contribution in [2.45, 2.75) is 122 Å². The van der Waals surface area contributed by atoms with Crippen molar-refractivity contribution in [3.05, 3.63) is 259 Å². The van der Waals surface area contributed by atoms with Gasteiger partial charge in [0.2, 0.25) is 0 Å². The molecule has 412 valence electrons. The van der Waals surface area contributed by atoms with Crippen molar-refractivity contribution in [2.24, 2.45) is 0 Å². The Balaban J connectivity index is 1.01. The molecule has 84 heavy (non-hydrogen) atoms. The maximum absolute atomic E-state index is 4.92. The zero-order chi connectivity index (χ0) is 57.9. The Bertz CT molecular complexity index is 4570. The lowest BCUT2D eigenvalue weighted by Crippen LogP contribution is -2.60. The third kappa shape index (κ3) is 6.84. The minimum absolute atomic E-state index is 0.00131. The fraction of sp³-hybridized carbons (Fsp3) is 0.244. The van der Waals surface area contributed by atoms with Crippen molar-refractivity contribution < 1.29 is 0 Å². The van der Waals surface area contributed by atoms with E-state index in [1.807, 2.05) is 28.9 Å². The average molecular weight is 1120 g/mol. The Morgan fingerprint density at radius 3 is 1.52 bits per heavy atom. The van der Waals surface area contributed by atoms with Crippen LogP contribution >= 0.6 is 22.7 Å². The molecule has 0 unspecified atom stereocenters. The summed E-state index contributed by atoms with van der Waals surface area (Å²) >= 11 is 3.97. The summed E-state index contributed by atoms with van der Waals surface area (Å²) < 4.78 is 2.70. The number of anilines is 6. The fourth-order valence-electron chi connectivity index (χ4n) is 15.6. The quantitative estimate of drug-likeness (QED) is 0.161. The largest absolute Gasteiger partial charge is 0.311 e. The third-order valence-electron chi connectivity index (χ3n) is 19.7. The summed E-state index contributed by atoms with van der Waals surface area (Å²) in [5, 5.41) is 1.30. The molecule has 5 heterocycles. The monoisotopic (exact) mass is 1120 g/mol. The van der Waals surface area contributed by atoms with Gasteiger partial charge in [0.1, 0.15) is 0 Å². The summed E-state index contributed by atoms with van der Waals surface area (Å²) in [7, 11) is 0. The number of hydrogen-bond donors (Lipinski definition) is 0. The second kappa shape index (κ2) is 17.2. The van der Waals surface area contributed by atoms with Crippen LogP contribution in [0.4, 0.5) is 34.1 Å². The van der Waals surface area contributed by atoms with Gasteiger partial charge in [0.15, 0.2) is 0 Å². The van der Waals surface area contributed by atoms with Gasteiger partial charge in [-0.2, -0.15) is 0 Å². The normalized spacial score (nSPS) is 17.8. The van der Waals surface area contributed by atoms with Crippen molar-refractivity contribution >= 4 is 89.3 Å². The van der Waals surface area contributed by atoms with Crippen molar-refractivity contribution in [3.8, 4) is 22.3 Å². The molecule has 2 aliphatic heterocycles. The molecule has 0 saturated carbocycles. The molecule has 0 amide bonds. The zero-order valence-electron chi connectivity index (χ0n) is 50.6. The molecule has 0 fully saturated rings. The number of rotatable bonds is 2. The maximum Gasteiger partial charge on any atom is 0.264 e. The van der Waals surface area contributed by atoms with Gasteiger partial charge in [0.25, 0.3) is 6.71 Å². The molecule has 3 nitrogen and oxygen atoms in total. The molecule has 0 radical (unpaired) electrons. The lowest BCUT2D eigenvalue weighted by molar-refractivity contribution is 0.589. The minimum atomic E-state index is -0.607. The molecule has 3 aromatic heterocycles. The first-order valence-corrected chi connectivity index (χ1v) is 31.8. The van der Waals surface area contributed by atoms with Gasteiger partial charge in [-0.25, -0.2) is 0 Å². The van der Waals surface area contributed by atoms with Crippen molar-refractivity contribution in [2.75, 3.05) is 9.80 Å². The predicted molar refractivity (Wildman–Crippen MR) is 359 cm³/mol. The van der Waals surface area contributed by atoms with Crippen molar-refractivity contribution in [3.63, 3.8) is 0 Å². The van der Waals surface area contributed by atoms with E-state index >= 15 is 0 Å². The highest BCUT2D eigenvalue weighted by atomic mass is 32.1. The highest BCUT2D eigenvalue weighted by molar-refractivity contribution is 7.33. The van der Waals surface area contributed by atoms with Crippen LogP contribution in [0.2, 0.25) is 0 Å². The van der Waals surface area contributed by atoms with Crippen LogP contribution in [0, 0.1) is 6.92 Å². The molecule has 6 heteroatoms. The topological polar surface area (TPSA) is 19.4 Å². The third-order valence-corrected chi connectivity index (χ3v) is 22.1. The van der Waals surface area contributed by atoms with Gasteiger partial charge in [-0.05, 0) is 190 Å². The van der Waals surface area contributed by atoms with Crippen LogP contribution in [0.25, 0.3) is 32.3 Å². The lowest BCUT2D eigenvalue weighted by Gasteiger charge is -2.48. The smallest absolute Gasteiger partial charge is 0.264 e. The number of fused-ring (bicyclic) bond motifs is 22. The van der Waals surface area contributed by atoms with E-state index in [1.54, 1.807) is 0 Å². The molecular weight excluding hydrogens is 1050 g/mol. The van der Waals surface area contributed by atoms with Crippen LogP contribution in [-0.4, -0.2) is 11.7 Å². The number of hydrogen-bond acceptors (Lipinski definition) is 5. The van der Waals surface area contributed by atoms with Gasteiger partial charge >= 0.3 is 0 Å². The van der Waals surface area contributed by atoms with E-state index < -0.39 is 10.8 Å². The van der Waals surface area contributed by atoms with E-state index in [-0.39, 0.29) is 28.4 Å². The second-order valence-electron chi connectivity index (χ2n) is 28.8. The van der Waals surface area contributed by atoms with Gasteiger partial charge in [0, 0.05) is 65.4 Å². The van der Waals surface area contributed by atoms with Gasteiger partial charge < -0.3 is 9.80 Å². The molecule has 0 atom stereocenters. The summed E-state index contributed by atoms with van der Waals surface area (Å²) in [6, 6.07) is 70.0. The highest BCUT2D eigenvalue weighted by Gasteiger charge is 2.60. The summed E-state index contributed by atoms with van der Waals surface area (Å²) in [4.78, 5) is 13.0. The van der Waals surface area contributed by atoms with E-state index in [4.69, 9.17) is 4.98 Å². The summed E-state index contributed by atoms with van der Waals surface area (Å²) in [6.07, 6.45) is 4.15. The Morgan fingerprint density at radius 1 is 0.417 bits per heavy atom. The fourth-order valence-corrected chi connectivity index (χ4v) is 18.2. The first-order valence-electron chi connectivity index (χ1n) is 30.2. The first kappa shape index (κ1) is 51.8. The van der Waals surface area contributed by atoms with E-state index in [9.17, 15) is 0 Å². The SMILES string of the molecule is Cc1cc2c(s1)C1(c3cnccc3-2)c2ccccc2C2(c3ccccc3-c3cc4c5c(sc4cc32)B2c3ccc(C(C)(C)C)cc3N(c3ccc(C(C)(C)C)cc3)c3cc(C(C)(C)C)cc(c32)N5c2ccc(C(C)(C)C)cc2)c2ccccc21. The summed E-state index contributed by atoms with van der Waals surface area (Å²) in [5.41, 5.74) is 28.7. The Labute approximate surface area is 504 Å². The Hall–Kier alpha value is -7.77. The number of aryl methyl sites for hydroxylation is 1. The number of pyridine rings is 1. The standard InChI is InChI=1S/C78H70BN3S2/c1-45-38-55-53-36-37-80-44-63(53)78(71(55)83-45)60-24-18-16-22-58(60)77(59-23-17-19-25-61(59)78)57-21-15-14-20-52(57)54-42-56-68(43-62(54)77)84-72-70(56)82(51-33-28-47(29-34-51)74(5,6)7)67-41-49(76(11,12)13)40-66-69(67)79(72)64-35-30-48(75(8,9)10)39-65(64)81(66)50-31-26-46(27-32-50)73(2,3)4/h14-44H,1-13H3. The molecular formula is C78H70BN3S2. The number of aromatic nitrogens is 1. The van der Waals surface area contributed by atoms with Crippen LogP contribution in [0.5, 0.6) is 0 Å². The Kier molecular flexibility index (Phi) is 10.6. The van der Waals surface area contributed by atoms with Crippen LogP contribution in [0.3, 0.4) is 0 Å². The van der Waals surface area contributed by atoms with Crippen LogP contribution in [0.15, 0.2) is 188 Å². The first-order chi connectivity index (χ1) is 40.1. The molecule has 8 aromatic carbocycles. The molecule has 5 aliphatic rings. The zero-order valence-corrected chi connectivity index (χ0v) is 52.3. The highest BCUT2D eigenvalue weighted by Crippen LogP contribution is 2.69.